The smallest absolute Gasteiger partial charge is 0.223 e. The molecule has 0 radical (unpaired) electrons. The SMILES string of the molecule is COC(c1ccc(Cl)cc1)C(C)NC(=O)C1CC2CCCC(C1)C2N.Cl. The van der Waals surface area contributed by atoms with Gasteiger partial charge in [-0.1, -0.05) is 30.2 Å². The van der Waals surface area contributed by atoms with Crippen LogP contribution < -0.4 is 11.1 Å². The summed E-state index contributed by atoms with van der Waals surface area (Å²) in [6.45, 7) is 2.00. The number of ether oxygens (including phenoxy) is 1. The van der Waals surface area contributed by atoms with Gasteiger partial charge in [0.05, 0.1) is 6.04 Å². The second kappa shape index (κ2) is 9.41. The van der Waals surface area contributed by atoms with Crippen LogP contribution in [-0.2, 0) is 9.53 Å². The summed E-state index contributed by atoms with van der Waals surface area (Å²) < 4.78 is 5.64. The lowest BCUT2D eigenvalue weighted by molar-refractivity contribution is -0.129. The van der Waals surface area contributed by atoms with Crippen molar-refractivity contribution in [1.29, 1.82) is 0 Å². The van der Waals surface area contributed by atoms with Gasteiger partial charge in [0.25, 0.3) is 0 Å². The largest absolute Gasteiger partial charge is 0.375 e. The summed E-state index contributed by atoms with van der Waals surface area (Å²) in [6.07, 6.45) is 5.26. The van der Waals surface area contributed by atoms with Gasteiger partial charge in [-0.15, -0.1) is 12.4 Å². The van der Waals surface area contributed by atoms with E-state index in [0.717, 1.165) is 18.4 Å². The molecule has 1 aromatic carbocycles. The van der Waals surface area contributed by atoms with Gasteiger partial charge in [0, 0.05) is 24.1 Å². The minimum absolute atomic E-state index is 0. The van der Waals surface area contributed by atoms with E-state index in [1.807, 2.05) is 31.2 Å². The van der Waals surface area contributed by atoms with Gasteiger partial charge >= 0.3 is 0 Å². The third kappa shape index (κ3) is 4.72. The number of methoxy groups -OCH3 is 1. The normalized spacial score (nSPS) is 30.0. The van der Waals surface area contributed by atoms with E-state index in [1.165, 1.54) is 19.3 Å². The minimum Gasteiger partial charge on any atom is -0.375 e. The van der Waals surface area contributed by atoms with Crippen molar-refractivity contribution in [2.75, 3.05) is 7.11 Å². The van der Waals surface area contributed by atoms with E-state index in [0.29, 0.717) is 16.9 Å². The number of carbonyl (C=O) groups is 1. The Hall–Kier alpha value is -0.810. The van der Waals surface area contributed by atoms with Crippen LogP contribution in [-0.4, -0.2) is 25.1 Å². The third-order valence-corrected chi connectivity index (χ3v) is 6.31. The summed E-state index contributed by atoms with van der Waals surface area (Å²) in [6, 6.07) is 7.78. The number of rotatable bonds is 5. The highest BCUT2D eigenvalue weighted by Gasteiger charge is 2.40. The van der Waals surface area contributed by atoms with Crippen LogP contribution in [0.3, 0.4) is 0 Å². The Morgan fingerprint density at radius 2 is 1.81 bits per heavy atom. The maximum absolute atomic E-state index is 12.8. The zero-order valence-electron chi connectivity index (χ0n) is 15.5. The first-order chi connectivity index (χ1) is 12.0. The Morgan fingerprint density at radius 3 is 2.35 bits per heavy atom. The molecular formula is C20H30Cl2N2O2. The lowest BCUT2D eigenvalue weighted by atomic mass is 9.65. The molecule has 26 heavy (non-hydrogen) atoms. The van der Waals surface area contributed by atoms with Crippen LogP contribution in [0.5, 0.6) is 0 Å². The van der Waals surface area contributed by atoms with E-state index < -0.39 is 0 Å². The van der Waals surface area contributed by atoms with Gasteiger partial charge in [-0.05, 0) is 62.1 Å². The molecule has 146 valence electrons. The zero-order valence-corrected chi connectivity index (χ0v) is 17.1. The molecule has 4 atom stereocenters. The summed E-state index contributed by atoms with van der Waals surface area (Å²) >= 11 is 5.96. The molecule has 0 spiro atoms. The molecule has 0 saturated heterocycles. The standard InChI is InChI=1S/C20H29ClN2O2.ClH/c1-12(19(25-2)13-6-8-17(21)9-7-13)23-20(24)16-10-14-4-3-5-15(11-16)18(14)22;/h6-9,12,14-16,18-19H,3-5,10-11,22H2,1-2H3,(H,23,24);1H. The molecule has 2 bridgehead atoms. The zero-order chi connectivity index (χ0) is 18.0. The van der Waals surface area contributed by atoms with E-state index in [9.17, 15) is 4.79 Å². The first-order valence-corrected chi connectivity index (χ1v) is 9.71. The quantitative estimate of drug-likeness (QED) is 0.781. The summed E-state index contributed by atoms with van der Waals surface area (Å²) in [7, 11) is 1.67. The lowest BCUT2D eigenvalue weighted by Crippen LogP contribution is -2.50. The fourth-order valence-electron chi connectivity index (χ4n) is 4.70. The molecule has 0 heterocycles. The van der Waals surface area contributed by atoms with E-state index in [4.69, 9.17) is 22.1 Å². The number of nitrogens with one attached hydrogen (secondary N) is 1. The van der Waals surface area contributed by atoms with Crippen LogP contribution in [0.2, 0.25) is 5.02 Å². The van der Waals surface area contributed by atoms with E-state index in [2.05, 4.69) is 5.32 Å². The van der Waals surface area contributed by atoms with Gasteiger partial charge in [0.15, 0.2) is 0 Å². The Labute approximate surface area is 167 Å². The summed E-state index contributed by atoms with van der Waals surface area (Å²) in [5.41, 5.74) is 7.36. The van der Waals surface area contributed by atoms with Crippen molar-refractivity contribution in [3.8, 4) is 0 Å². The summed E-state index contributed by atoms with van der Waals surface area (Å²) in [5, 5.41) is 3.87. The third-order valence-electron chi connectivity index (χ3n) is 6.06. The Bertz CT molecular complexity index is 582. The molecule has 3 rings (SSSR count). The molecule has 2 saturated carbocycles. The predicted octanol–water partition coefficient (Wildman–Crippen LogP) is 4.11. The highest BCUT2D eigenvalue weighted by molar-refractivity contribution is 6.30. The number of nitrogens with two attached hydrogens (primary N) is 1. The molecular weight excluding hydrogens is 371 g/mol. The maximum Gasteiger partial charge on any atom is 0.223 e. The molecule has 1 amide bonds. The number of carbonyl (C=O) groups excluding carboxylic acids is 1. The van der Waals surface area contributed by atoms with Gasteiger partial charge in [-0.2, -0.15) is 0 Å². The van der Waals surface area contributed by atoms with Crippen molar-refractivity contribution in [3.05, 3.63) is 34.9 Å². The highest BCUT2D eigenvalue weighted by Crippen LogP contribution is 2.42. The fraction of sp³-hybridized carbons (Fsp3) is 0.650. The molecule has 2 fully saturated rings. The number of fused-ring (bicyclic) bond motifs is 2. The van der Waals surface area contributed by atoms with Gasteiger partial charge in [-0.3, -0.25) is 4.79 Å². The second-order valence-electron chi connectivity index (χ2n) is 7.70. The van der Waals surface area contributed by atoms with Crippen molar-refractivity contribution in [2.24, 2.45) is 23.5 Å². The van der Waals surface area contributed by atoms with Crippen molar-refractivity contribution in [3.63, 3.8) is 0 Å². The first-order valence-electron chi connectivity index (χ1n) is 9.33. The average molecular weight is 401 g/mol. The molecule has 2 aliphatic rings. The van der Waals surface area contributed by atoms with Crippen LogP contribution in [0, 0.1) is 17.8 Å². The second-order valence-corrected chi connectivity index (χ2v) is 8.14. The summed E-state index contributed by atoms with van der Waals surface area (Å²) in [4.78, 5) is 12.8. The Kier molecular flexibility index (Phi) is 7.77. The molecule has 0 aliphatic heterocycles. The van der Waals surface area contributed by atoms with Crippen molar-refractivity contribution in [1.82, 2.24) is 5.32 Å². The van der Waals surface area contributed by atoms with Crippen LogP contribution in [0.1, 0.15) is 50.7 Å². The number of hydrogen-bond donors (Lipinski definition) is 2. The van der Waals surface area contributed by atoms with Gasteiger partial charge < -0.3 is 15.8 Å². The van der Waals surface area contributed by atoms with Crippen LogP contribution in [0.4, 0.5) is 0 Å². The van der Waals surface area contributed by atoms with Crippen molar-refractivity contribution in [2.45, 2.75) is 57.2 Å². The Balaban J connectivity index is 0.00000243. The molecule has 6 heteroatoms. The number of amides is 1. The maximum atomic E-state index is 12.8. The van der Waals surface area contributed by atoms with Crippen molar-refractivity contribution >= 4 is 29.9 Å². The predicted molar refractivity (Wildman–Crippen MR) is 108 cm³/mol. The van der Waals surface area contributed by atoms with E-state index >= 15 is 0 Å². The molecule has 4 nitrogen and oxygen atoms in total. The summed E-state index contributed by atoms with van der Waals surface area (Å²) in [5.74, 6) is 1.24. The minimum atomic E-state index is -0.188. The number of halogens is 2. The number of hydrogen-bond acceptors (Lipinski definition) is 3. The van der Waals surface area contributed by atoms with Crippen LogP contribution >= 0.6 is 24.0 Å². The van der Waals surface area contributed by atoms with Gasteiger partial charge in [-0.25, -0.2) is 0 Å². The van der Waals surface area contributed by atoms with E-state index in [1.54, 1.807) is 7.11 Å². The van der Waals surface area contributed by atoms with E-state index in [-0.39, 0.29) is 42.4 Å². The lowest BCUT2D eigenvalue weighted by Gasteiger charge is -2.43. The van der Waals surface area contributed by atoms with Crippen LogP contribution in [0.15, 0.2) is 24.3 Å². The molecule has 4 unspecified atom stereocenters. The highest BCUT2D eigenvalue weighted by atomic mass is 35.5. The molecule has 2 aliphatic carbocycles. The monoisotopic (exact) mass is 400 g/mol. The van der Waals surface area contributed by atoms with Gasteiger partial charge in [0.1, 0.15) is 6.10 Å². The van der Waals surface area contributed by atoms with Crippen molar-refractivity contribution < 1.29 is 9.53 Å². The average Bonchev–Trinajstić information content (AvgIpc) is 2.57. The molecule has 3 N–H and O–H groups in total. The first kappa shape index (κ1) is 21.5. The topological polar surface area (TPSA) is 64.3 Å². The molecule has 0 aromatic heterocycles. The van der Waals surface area contributed by atoms with Crippen LogP contribution in [0.25, 0.3) is 0 Å². The fourth-order valence-corrected chi connectivity index (χ4v) is 4.83. The molecule has 1 aromatic rings. The van der Waals surface area contributed by atoms with Gasteiger partial charge in [0.2, 0.25) is 5.91 Å². The number of benzene rings is 1. The Morgan fingerprint density at radius 1 is 1.23 bits per heavy atom.